The quantitative estimate of drug-likeness (QED) is 0.271. The second-order valence-electron chi connectivity index (χ2n) is 9.64. The first-order chi connectivity index (χ1) is 18.8. The van der Waals surface area contributed by atoms with Crippen LogP contribution >= 0.6 is 0 Å². The summed E-state index contributed by atoms with van der Waals surface area (Å²) in [6.45, 7) is 7.11. The van der Waals surface area contributed by atoms with Gasteiger partial charge in [-0.15, -0.1) is 0 Å². The highest BCUT2D eigenvalue weighted by Crippen LogP contribution is 2.25. The van der Waals surface area contributed by atoms with Gasteiger partial charge in [0.05, 0.1) is 15.5 Å². The van der Waals surface area contributed by atoms with E-state index in [2.05, 4.69) is 10.0 Å². The highest BCUT2D eigenvalue weighted by atomic mass is 32.2. The highest BCUT2D eigenvalue weighted by Gasteiger charge is 2.27. The molecular formula is C30H31N3O5S2. The molecule has 0 bridgehead atoms. The van der Waals surface area contributed by atoms with Crippen molar-refractivity contribution in [3.63, 3.8) is 0 Å². The first-order valence-electron chi connectivity index (χ1n) is 12.5. The summed E-state index contributed by atoms with van der Waals surface area (Å²) in [7, 11) is -7.90. The zero-order valence-corrected chi connectivity index (χ0v) is 24.3. The molecule has 0 spiro atoms. The molecular weight excluding hydrogens is 546 g/mol. The van der Waals surface area contributed by atoms with Gasteiger partial charge in [0.2, 0.25) is 5.91 Å². The number of nitrogens with one attached hydrogen (secondary N) is 2. The van der Waals surface area contributed by atoms with Crippen LogP contribution in [0.15, 0.2) is 101 Å². The molecule has 4 rings (SSSR count). The van der Waals surface area contributed by atoms with Crippen molar-refractivity contribution >= 4 is 43.0 Å². The number of amides is 1. The Bertz CT molecular complexity index is 1730. The number of hydrogen-bond donors (Lipinski definition) is 2. The van der Waals surface area contributed by atoms with E-state index in [1.165, 1.54) is 36.4 Å². The summed E-state index contributed by atoms with van der Waals surface area (Å²) in [5, 5.41) is 2.67. The lowest BCUT2D eigenvalue weighted by atomic mass is 10.1. The van der Waals surface area contributed by atoms with Gasteiger partial charge < -0.3 is 5.32 Å². The number of sulfonamides is 2. The second-order valence-corrected chi connectivity index (χ2v) is 13.2. The Balaban J connectivity index is 1.52. The van der Waals surface area contributed by atoms with Gasteiger partial charge in [0, 0.05) is 11.4 Å². The molecule has 0 aliphatic rings. The van der Waals surface area contributed by atoms with Gasteiger partial charge in [0.1, 0.15) is 6.54 Å². The van der Waals surface area contributed by atoms with Crippen LogP contribution in [-0.4, -0.2) is 29.3 Å². The molecule has 4 aromatic carbocycles. The predicted octanol–water partition coefficient (Wildman–Crippen LogP) is 5.56. The van der Waals surface area contributed by atoms with E-state index in [0.29, 0.717) is 17.1 Å². The molecule has 0 aliphatic carbocycles. The van der Waals surface area contributed by atoms with E-state index in [4.69, 9.17) is 0 Å². The van der Waals surface area contributed by atoms with Gasteiger partial charge in [-0.25, -0.2) is 16.8 Å². The van der Waals surface area contributed by atoms with Gasteiger partial charge in [-0.1, -0.05) is 41.5 Å². The van der Waals surface area contributed by atoms with E-state index in [9.17, 15) is 21.6 Å². The SMILES string of the molecule is Cc1ccc(N(CC(=O)Nc2ccc(S(=O)(=O)Nc3ccc(C)c(C)c3)cc2)S(=O)(=O)c2ccc(C)cc2)cc1. The Hall–Kier alpha value is -4.15. The first kappa shape index (κ1) is 28.8. The van der Waals surface area contributed by atoms with Gasteiger partial charge in [-0.2, -0.15) is 0 Å². The van der Waals surface area contributed by atoms with Gasteiger partial charge in [0.25, 0.3) is 20.0 Å². The van der Waals surface area contributed by atoms with Gasteiger partial charge in [-0.05, 0) is 99.5 Å². The van der Waals surface area contributed by atoms with Crippen LogP contribution in [0.4, 0.5) is 17.1 Å². The minimum absolute atomic E-state index is 0.0203. The fraction of sp³-hybridized carbons (Fsp3) is 0.167. The lowest BCUT2D eigenvalue weighted by Gasteiger charge is -2.24. The van der Waals surface area contributed by atoms with Crippen molar-refractivity contribution in [3.8, 4) is 0 Å². The van der Waals surface area contributed by atoms with Crippen LogP contribution in [0.3, 0.4) is 0 Å². The zero-order valence-electron chi connectivity index (χ0n) is 22.7. The summed E-state index contributed by atoms with van der Waals surface area (Å²) in [6, 6.07) is 24.2. The molecule has 0 saturated heterocycles. The molecule has 0 saturated carbocycles. The average Bonchev–Trinajstić information content (AvgIpc) is 2.90. The summed E-state index contributed by atoms with van der Waals surface area (Å²) >= 11 is 0. The fourth-order valence-electron chi connectivity index (χ4n) is 3.93. The number of carbonyl (C=O) groups is 1. The Morgan fingerprint density at radius 1 is 0.650 bits per heavy atom. The van der Waals surface area contributed by atoms with Crippen molar-refractivity contribution in [2.75, 3.05) is 20.9 Å². The van der Waals surface area contributed by atoms with Crippen molar-refractivity contribution in [1.82, 2.24) is 0 Å². The molecule has 0 fully saturated rings. The standard InChI is InChI=1S/C30H31N3O5S2/c1-21-5-13-27(14-6-21)33(40(37,38)29-15-7-22(2)8-16-29)20-30(34)31-25-11-17-28(18-12-25)39(35,36)32-26-10-9-23(3)24(4)19-26/h5-19,32H,20H2,1-4H3,(H,31,34). The third-order valence-corrected chi connectivity index (χ3v) is 9.61. The number of nitrogens with zero attached hydrogens (tertiary/aromatic N) is 1. The number of anilines is 3. The number of benzene rings is 4. The monoisotopic (exact) mass is 577 g/mol. The third kappa shape index (κ3) is 6.70. The van der Waals surface area contributed by atoms with Crippen LogP contribution in [0.5, 0.6) is 0 Å². The molecule has 10 heteroatoms. The Kier molecular flexibility index (Phi) is 8.32. The maximum atomic E-state index is 13.5. The highest BCUT2D eigenvalue weighted by molar-refractivity contribution is 7.93. The van der Waals surface area contributed by atoms with Gasteiger partial charge in [0.15, 0.2) is 0 Å². The Labute approximate surface area is 235 Å². The number of hydrogen-bond acceptors (Lipinski definition) is 5. The third-order valence-electron chi connectivity index (χ3n) is 6.43. The molecule has 208 valence electrons. The van der Waals surface area contributed by atoms with E-state index in [0.717, 1.165) is 26.6 Å². The summed E-state index contributed by atoms with van der Waals surface area (Å²) in [6.07, 6.45) is 0. The van der Waals surface area contributed by atoms with Crippen molar-refractivity contribution < 1.29 is 21.6 Å². The molecule has 0 unspecified atom stereocenters. The maximum absolute atomic E-state index is 13.5. The molecule has 0 aromatic heterocycles. The molecule has 0 aliphatic heterocycles. The van der Waals surface area contributed by atoms with E-state index in [1.54, 1.807) is 48.5 Å². The minimum atomic E-state index is -4.05. The van der Waals surface area contributed by atoms with E-state index < -0.39 is 32.5 Å². The molecule has 2 N–H and O–H groups in total. The van der Waals surface area contributed by atoms with E-state index >= 15 is 0 Å². The normalized spacial score (nSPS) is 11.6. The van der Waals surface area contributed by atoms with E-state index in [-0.39, 0.29) is 9.79 Å². The van der Waals surface area contributed by atoms with Gasteiger partial charge >= 0.3 is 0 Å². The van der Waals surface area contributed by atoms with Crippen LogP contribution in [0.2, 0.25) is 0 Å². The Morgan fingerprint density at radius 3 is 1.75 bits per heavy atom. The lowest BCUT2D eigenvalue weighted by molar-refractivity contribution is -0.114. The Morgan fingerprint density at radius 2 is 1.18 bits per heavy atom. The molecule has 1 amide bonds. The summed E-state index contributed by atoms with van der Waals surface area (Å²) < 4.78 is 56.4. The van der Waals surface area contributed by atoms with Crippen LogP contribution in [0, 0.1) is 27.7 Å². The fourth-order valence-corrected chi connectivity index (χ4v) is 6.40. The van der Waals surface area contributed by atoms with E-state index in [1.807, 2.05) is 33.8 Å². The van der Waals surface area contributed by atoms with Crippen molar-refractivity contribution in [2.24, 2.45) is 0 Å². The van der Waals surface area contributed by atoms with Crippen molar-refractivity contribution in [3.05, 3.63) is 113 Å². The largest absolute Gasteiger partial charge is 0.325 e. The van der Waals surface area contributed by atoms with Crippen LogP contribution in [0.25, 0.3) is 0 Å². The van der Waals surface area contributed by atoms with Crippen molar-refractivity contribution in [2.45, 2.75) is 37.5 Å². The molecule has 40 heavy (non-hydrogen) atoms. The first-order valence-corrected chi connectivity index (χ1v) is 15.4. The number of carbonyl (C=O) groups excluding carboxylic acids is 1. The zero-order chi connectivity index (χ0) is 29.1. The molecule has 0 atom stereocenters. The molecule has 8 nitrogen and oxygen atoms in total. The molecule has 0 radical (unpaired) electrons. The minimum Gasteiger partial charge on any atom is -0.325 e. The van der Waals surface area contributed by atoms with Crippen molar-refractivity contribution in [1.29, 1.82) is 0 Å². The number of aryl methyl sites for hydroxylation is 4. The van der Waals surface area contributed by atoms with Crippen LogP contribution in [-0.2, 0) is 24.8 Å². The maximum Gasteiger partial charge on any atom is 0.264 e. The van der Waals surface area contributed by atoms with Crippen LogP contribution < -0.4 is 14.3 Å². The molecule has 4 aromatic rings. The van der Waals surface area contributed by atoms with Crippen LogP contribution in [0.1, 0.15) is 22.3 Å². The van der Waals surface area contributed by atoms with Gasteiger partial charge in [-0.3, -0.25) is 13.8 Å². The predicted molar refractivity (Wildman–Crippen MR) is 159 cm³/mol. The molecule has 0 heterocycles. The topological polar surface area (TPSA) is 113 Å². The summed E-state index contributed by atoms with van der Waals surface area (Å²) in [5.41, 5.74) is 4.99. The lowest BCUT2D eigenvalue weighted by Crippen LogP contribution is -2.38. The second kappa shape index (κ2) is 11.5. The summed E-state index contributed by atoms with van der Waals surface area (Å²) in [5.74, 6) is -0.583. The number of rotatable bonds is 9. The summed E-state index contributed by atoms with van der Waals surface area (Å²) in [4.78, 5) is 13.1. The average molecular weight is 578 g/mol. The smallest absolute Gasteiger partial charge is 0.264 e.